The number of morpholine rings is 1. The zero-order chi connectivity index (χ0) is 21.9. The summed E-state index contributed by atoms with van der Waals surface area (Å²) in [6.45, 7) is 7.81. The van der Waals surface area contributed by atoms with E-state index in [9.17, 15) is 0 Å². The normalized spacial score (nSPS) is 17.1. The third-order valence-electron chi connectivity index (χ3n) is 5.76. The molecule has 1 saturated heterocycles. The number of H-pyrrole nitrogens is 1. The Labute approximate surface area is 187 Å². The highest BCUT2D eigenvalue weighted by Crippen LogP contribution is 2.23. The predicted octanol–water partition coefficient (Wildman–Crippen LogP) is 3.26. The fourth-order valence-corrected chi connectivity index (χ4v) is 4.16. The van der Waals surface area contributed by atoms with E-state index in [-0.39, 0.29) is 6.10 Å². The van der Waals surface area contributed by atoms with E-state index in [2.05, 4.69) is 39.3 Å². The molecular formula is C24H28N6O2. The summed E-state index contributed by atoms with van der Waals surface area (Å²) in [7, 11) is 0. The third kappa shape index (κ3) is 4.51. The first-order chi connectivity index (χ1) is 15.7. The van der Waals surface area contributed by atoms with Gasteiger partial charge in [-0.15, -0.1) is 0 Å². The molecule has 32 heavy (non-hydrogen) atoms. The number of ether oxygens (including phenoxy) is 2. The fourth-order valence-electron chi connectivity index (χ4n) is 4.16. The summed E-state index contributed by atoms with van der Waals surface area (Å²) in [5.74, 6) is 0.881. The second-order valence-electron chi connectivity index (χ2n) is 8.27. The Hall–Kier alpha value is -3.23. The van der Waals surface area contributed by atoms with Gasteiger partial charge in [0.2, 0.25) is 0 Å². The van der Waals surface area contributed by atoms with Crippen LogP contribution in [0.4, 0.5) is 0 Å². The standard InChI is InChI=1S/C24H28N6O2/c1-17-12-18(2)30-24(26-17)19(14-25-30)15-29-9-11-32-23(16-29)22-13-20(27-28-22)8-10-31-21-6-4-3-5-7-21/h3-7,12-14,23H,8-11,15-16H2,1-2H3,(H,27,28). The Morgan fingerprint density at radius 2 is 2.06 bits per heavy atom. The van der Waals surface area contributed by atoms with Crippen LogP contribution < -0.4 is 4.74 Å². The van der Waals surface area contributed by atoms with Gasteiger partial charge in [0.15, 0.2) is 5.65 Å². The van der Waals surface area contributed by atoms with Crippen molar-refractivity contribution in [1.29, 1.82) is 0 Å². The molecule has 8 heteroatoms. The number of aryl methyl sites for hydroxylation is 2. The summed E-state index contributed by atoms with van der Waals surface area (Å²) in [5, 5.41) is 12.2. The molecule has 1 atom stereocenters. The lowest BCUT2D eigenvalue weighted by molar-refractivity contribution is -0.0349. The smallest absolute Gasteiger partial charge is 0.159 e. The molecule has 1 aliphatic heterocycles. The molecule has 0 radical (unpaired) electrons. The van der Waals surface area contributed by atoms with Gasteiger partial charge in [-0.25, -0.2) is 9.50 Å². The second kappa shape index (κ2) is 9.10. The Morgan fingerprint density at radius 3 is 2.94 bits per heavy atom. The first-order valence-electron chi connectivity index (χ1n) is 11.0. The number of hydrogen-bond donors (Lipinski definition) is 1. The van der Waals surface area contributed by atoms with Crippen LogP contribution in [0.25, 0.3) is 5.65 Å². The van der Waals surface area contributed by atoms with Crippen LogP contribution in [0.15, 0.2) is 48.7 Å². The summed E-state index contributed by atoms with van der Waals surface area (Å²) < 4.78 is 13.7. The molecule has 1 aliphatic rings. The monoisotopic (exact) mass is 432 g/mol. The number of fused-ring (bicyclic) bond motifs is 1. The predicted molar refractivity (Wildman–Crippen MR) is 121 cm³/mol. The van der Waals surface area contributed by atoms with Crippen molar-refractivity contribution in [3.05, 3.63) is 77.0 Å². The molecule has 1 unspecified atom stereocenters. The van der Waals surface area contributed by atoms with Crippen molar-refractivity contribution in [2.24, 2.45) is 0 Å². The maximum Gasteiger partial charge on any atom is 0.159 e. The maximum absolute atomic E-state index is 6.03. The maximum atomic E-state index is 6.03. The number of aromatic nitrogens is 5. The van der Waals surface area contributed by atoms with Crippen LogP contribution in [0.1, 0.15) is 34.4 Å². The topological polar surface area (TPSA) is 80.6 Å². The van der Waals surface area contributed by atoms with Gasteiger partial charge in [0.1, 0.15) is 11.9 Å². The molecular weight excluding hydrogens is 404 g/mol. The Bertz CT molecular complexity index is 1190. The van der Waals surface area contributed by atoms with Crippen molar-refractivity contribution in [3.8, 4) is 5.75 Å². The van der Waals surface area contributed by atoms with Gasteiger partial charge >= 0.3 is 0 Å². The molecule has 0 amide bonds. The van der Waals surface area contributed by atoms with E-state index < -0.39 is 0 Å². The fraction of sp³-hybridized carbons (Fsp3) is 0.375. The number of hydrogen-bond acceptors (Lipinski definition) is 6. The third-order valence-corrected chi connectivity index (χ3v) is 5.76. The van der Waals surface area contributed by atoms with Gasteiger partial charge < -0.3 is 9.47 Å². The van der Waals surface area contributed by atoms with Gasteiger partial charge in [0.25, 0.3) is 0 Å². The van der Waals surface area contributed by atoms with E-state index in [1.165, 1.54) is 0 Å². The van der Waals surface area contributed by atoms with E-state index in [0.717, 1.165) is 65.8 Å². The molecule has 0 aliphatic carbocycles. The number of benzene rings is 1. The van der Waals surface area contributed by atoms with Crippen molar-refractivity contribution in [3.63, 3.8) is 0 Å². The van der Waals surface area contributed by atoms with Gasteiger partial charge in [-0.2, -0.15) is 10.2 Å². The molecule has 8 nitrogen and oxygen atoms in total. The van der Waals surface area contributed by atoms with E-state index in [4.69, 9.17) is 14.5 Å². The first kappa shape index (κ1) is 20.7. The van der Waals surface area contributed by atoms with Crippen LogP contribution in [0.5, 0.6) is 5.75 Å². The number of nitrogens with one attached hydrogen (secondary N) is 1. The molecule has 4 aromatic rings. The Kier molecular flexibility index (Phi) is 5.87. The van der Waals surface area contributed by atoms with E-state index >= 15 is 0 Å². The molecule has 5 rings (SSSR count). The van der Waals surface area contributed by atoms with Crippen molar-refractivity contribution in [1.82, 2.24) is 29.7 Å². The molecule has 166 valence electrons. The van der Waals surface area contributed by atoms with Crippen LogP contribution in [0.2, 0.25) is 0 Å². The molecule has 1 N–H and O–H groups in total. The lowest BCUT2D eigenvalue weighted by Gasteiger charge is -2.31. The van der Waals surface area contributed by atoms with Gasteiger partial charge in [-0.1, -0.05) is 18.2 Å². The average molecular weight is 433 g/mol. The van der Waals surface area contributed by atoms with E-state index in [1.807, 2.05) is 48.0 Å². The summed E-state index contributed by atoms with van der Waals surface area (Å²) >= 11 is 0. The number of nitrogens with zero attached hydrogens (tertiary/aromatic N) is 5. The number of rotatable bonds is 7. The summed E-state index contributed by atoms with van der Waals surface area (Å²) in [5.41, 5.74) is 6.17. The van der Waals surface area contributed by atoms with E-state index in [1.54, 1.807) is 0 Å². The van der Waals surface area contributed by atoms with Crippen LogP contribution in [0.3, 0.4) is 0 Å². The molecule has 1 fully saturated rings. The minimum absolute atomic E-state index is 0.0536. The van der Waals surface area contributed by atoms with Crippen molar-refractivity contribution >= 4 is 5.65 Å². The lowest BCUT2D eigenvalue weighted by Crippen LogP contribution is -2.38. The quantitative estimate of drug-likeness (QED) is 0.483. The van der Waals surface area contributed by atoms with Crippen molar-refractivity contribution < 1.29 is 9.47 Å². The van der Waals surface area contributed by atoms with Crippen LogP contribution in [-0.2, 0) is 17.7 Å². The molecule has 4 heterocycles. The Morgan fingerprint density at radius 1 is 1.19 bits per heavy atom. The summed E-state index contributed by atoms with van der Waals surface area (Å²) in [6, 6.07) is 14.0. The van der Waals surface area contributed by atoms with Crippen molar-refractivity contribution in [2.45, 2.75) is 32.9 Å². The van der Waals surface area contributed by atoms with Gasteiger partial charge in [0, 0.05) is 48.7 Å². The number of aromatic amines is 1. The highest BCUT2D eigenvalue weighted by atomic mass is 16.5. The van der Waals surface area contributed by atoms with Crippen LogP contribution in [-0.4, -0.2) is 56.0 Å². The zero-order valence-electron chi connectivity index (χ0n) is 18.5. The van der Waals surface area contributed by atoms with E-state index in [0.29, 0.717) is 13.2 Å². The van der Waals surface area contributed by atoms with Crippen LogP contribution >= 0.6 is 0 Å². The molecule has 0 spiro atoms. The summed E-state index contributed by atoms with van der Waals surface area (Å²) in [4.78, 5) is 7.09. The lowest BCUT2D eigenvalue weighted by atomic mass is 10.1. The minimum Gasteiger partial charge on any atom is -0.493 e. The molecule has 3 aromatic heterocycles. The average Bonchev–Trinajstić information content (AvgIpc) is 3.43. The van der Waals surface area contributed by atoms with Gasteiger partial charge in [0.05, 0.1) is 25.1 Å². The number of para-hydroxylation sites is 1. The van der Waals surface area contributed by atoms with Gasteiger partial charge in [-0.3, -0.25) is 10.00 Å². The highest BCUT2D eigenvalue weighted by Gasteiger charge is 2.25. The second-order valence-corrected chi connectivity index (χ2v) is 8.27. The Balaban J connectivity index is 1.20. The SMILES string of the molecule is Cc1cc(C)n2ncc(CN3CCOC(c4cc(CCOc5ccccc5)[nH]n4)C3)c2n1. The summed E-state index contributed by atoms with van der Waals surface area (Å²) in [6.07, 6.45) is 2.64. The van der Waals surface area contributed by atoms with Crippen LogP contribution in [0, 0.1) is 13.8 Å². The molecule has 0 saturated carbocycles. The van der Waals surface area contributed by atoms with Crippen molar-refractivity contribution in [2.75, 3.05) is 26.3 Å². The molecule has 1 aromatic carbocycles. The first-order valence-corrected chi connectivity index (χ1v) is 11.0. The molecule has 0 bridgehead atoms. The minimum atomic E-state index is -0.0536. The zero-order valence-corrected chi connectivity index (χ0v) is 18.5. The van der Waals surface area contributed by atoms with Gasteiger partial charge in [-0.05, 0) is 38.1 Å². The largest absolute Gasteiger partial charge is 0.493 e. The highest BCUT2D eigenvalue weighted by molar-refractivity contribution is 5.47.